The second-order valence-electron chi connectivity index (χ2n) is 4.75. The van der Waals surface area contributed by atoms with Gasteiger partial charge in [0.05, 0.1) is 6.10 Å². The standard InChI is InChI=1S/C13H16N2OS/c1-9-8-15(6-3-11(9)16)13-10-4-7-17-12(10)2-5-14-13/h2,4-5,7,9,11,16H,3,6,8H2,1H3. The van der Waals surface area contributed by atoms with Crippen LogP contribution in [0.25, 0.3) is 10.1 Å². The number of aliphatic hydroxyl groups excluding tert-OH is 1. The van der Waals surface area contributed by atoms with Crippen LogP contribution >= 0.6 is 11.3 Å². The van der Waals surface area contributed by atoms with Crippen LogP contribution in [0, 0.1) is 5.92 Å². The number of hydrogen-bond donors (Lipinski definition) is 1. The predicted octanol–water partition coefficient (Wildman–Crippen LogP) is 2.50. The lowest BCUT2D eigenvalue weighted by molar-refractivity contribution is 0.0969. The van der Waals surface area contributed by atoms with Gasteiger partial charge in [0.25, 0.3) is 0 Å². The molecule has 3 heterocycles. The van der Waals surface area contributed by atoms with Crippen LogP contribution in [0.2, 0.25) is 0 Å². The van der Waals surface area contributed by atoms with Gasteiger partial charge in [-0.2, -0.15) is 0 Å². The number of rotatable bonds is 1. The molecule has 1 fully saturated rings. The van der Waals surface area contributed by atoms with Crippen molar-refractivity contribution in [2.75, 3.05) is 18.0 Å². The summed E-state index contributed by atoms with van der Waals surface area (Å²) in [6.07, 6.45) is 2.56. The fraction of sp³-hybridized carbons (Fsp3) is 0.462. The lowest BCUT2D eigenvalue weighted by Crippen LogP contribution is -2.42. The van der Waals surface area contributed by atoms with Gasteiger partial charge in [0.15, 0.2) is 0 Å². The fourth-order valence-corrected chi connectivity index (χ4v) is 3.23. The topological polar surface area (TPSA) is 36.4 Å². The molecule has 0 aromatic carbocycles. The van der Waals surface area contributed by atoms with Crippen molar-refractivity contribution >= 4 is 27.2 Å². The number of piperidine rings is 1. The lowest BCUT2D eigenvalue weighted by atomic mass is 9.96. The molecule has 1 aliphatic heterocycles. The number of hydrogen-bond acceptors (Lipinski definition) is 4. The van der Waals surface area contributed by atoms with Crippen molar-refractivity contribution in [1.29, 1.82) is 0 Å². The van der Waals surface area contributed by atoms with E-state index in [0.29, 0.717) is 5.92 Å². The van der Waals surface area contributed by atoms with Crippen LogP contribution in [-0.2, 0) is 0 Å². The second kappa shape index (κ2) is 4.27. The van der Waals surface area contributed by atoms with Crippen molar-refractivity contribution in [2.24, 2.45) is 5.92 Å². The van der Waals surface area contributed by atoms with E-state index in [0.717, 1.165) is 25.3 Å². The fourth-order valence-electron chi connectivity index (χ4n) is 2.46. The van der Waals surface area contributed by atoms with Crippen LogP contribution in [-0.4, -0.2) is 29.3 Å². The number of aromatic nitrogens is 1. The zero-order valence-corrected chi connectivity index (χ0v) is 10.7. The van der Waals surface area contributed by atoms with Crippen molar-refractivity contribution in [1.82, 2.24) is 4.98 Å². The first-order valence-electron chi connectivity index (χ1n) is 6.01. The Kier molecular flexibility index (Phi) is 2.76. The normalized spacial score (nSPS) is 25.4. The Balaban J connectivity index is 1.96. The summed E-state index contributed by atoms with van der Waals surface area (Å²) in [4.78, 5) is 6.81. The van der Waals surface area contributed by atoms with E-state index in [2.05, 4.69) is 34.3 Å². The van der Waals surface area contributed by atoms with Gasteiger partial charge >= 0.3 is 0 Å². The second-order valence-corrected chi connectivity index (χ2v) is 5.69. The van der Waals surface area contributed by atoms with E-state index in [1.165, 1.54) is 10.1 Å². The summed E-state index contributed by atoms with van der Waals surface area (Å²) in [5, 5.41) is 13.1. The highest BCUT2D eigenvalue weighted by Gasteiger charge is 2.25. The molecule has 0 radical (unpaired) electrons. The number of pyridine rings is 1. The Morgan fingerprint density at radius 3 is 3.18 bits per heavy atom. The van der Waals surface area contributed by atoms with E-state index in [4.69, 9.17) is 0 Å². The van der Waals surface area contributed by atoms with Crippen molar-refractivity contribution in [3.8, 4) is 0 Å². The Morgan fingerprint density at radius 2 is 2.35 bits per heavy atom. The van der Waals surface area contributed by atoms with Crippen molar-refractivity contribution < 1.29 is 5.11 Å². The Labute approximate surface area is 105 Å². The smallest absolute Gasteiger partial charge is 0.137 e. The SMILES string of the molecule is CC1CN(c2nccc3sccc23)CCC1O. The summed E-state index contributed by atoms with van der Waals surface area (Å²) in [7, 11) is 0. The monoisotopic (exact) mass is 248 g/mol. The number of anilines is 1. The van der Waals surface area contributed by atoms with Gasteiger partial charge in [0.2, 0.25) is 0 Å². The molecule has 17 heavy (non-hydrogen) atoms. The molecule has 4 heteroatoms. The highest BCUT2D eigenvalue weighted by Crippen LogP contribution is 2.30. The molecule has 2 aromatic rings. The summed E-state index contributed by atoms with van der Waals surface area (Å²) >= 11 is 1.75. The van der Waals surface area contributed by atoms with Crippen LogP contribution in [0.4, 0.5) is 5.82 Å². The molecule has 2 atom stereocenters. The van der Waals surface area contributed by atoms with Crippen LogP contribution in [0.5, 0.6) is 0 Å². The molecule has 0 spiro atoms. The Hall–Kier alpha value is -1.13. The van der Waals surface area contributed by atoms with Crippen molar-refractivity contribution in [3.63, 3.8) is 0 Å². The van der Waals surface area contributed by atoms with Crippen LogP contribution in [0.1, 0.15) is 13.3 Å². The van der Waals surface area contributed by atoms with Crippen molar-refractivity contribution in [2.45, 2.75) is 19.4 Å². The first kappa shape index (κ1) is 11.0. The van der Waals surface area contributed by atoms with Crippen molar-refractivity contribution in [3.05, 3.63) is 23.7 Å². The number of thiophene rings is 1. The molecule has 90 valence electrons. The molecule has 0 aliphatic carbocycles. The molecule has 0 bridgehead atoms. The summed E-state index contributed by atoms with van der Waals surface area (Å²) in [6.45, 7) is 3.89. The third kappa shape index (κ3) is 1.91. The summed E-state index contributed by atoms with van der Waals surface area (Å²) in [5.74, 6) is 1.39. The highest BCUT2D eigenvalue weighted by atomic mass is 32.1. The summed E-state index contributed by atoms with van der Waals surface area (Å²) in [6, 6.07) is 4.20. The Bertz CT molecular complexity index is 525. The third-order valence-electron chi connectivity index (χ3n) is 3.52. The molecular weight excluding hydrogens is 232 g/mol. The first-order chi connectivity index (χ1) is 8.25. The minimum Gasteiger partial charge on any atom is -0.393 e. The zero-order chi connectivity index (χ0) is 11.8. The van der Waals surface area contributed by atoms with Crippen LogP contribution in [0.3, 0.4) is 0 Å². The molecule has 2 unspecified atom stereocenters. The van der Waals surface area contributed by atoms with Gasteiger partial charge in [-0.3, -0.25) is 0 Å². The zero-order valence-electron chi connectivity index (χ0n) is 9.84. The van der Waals surface area contributed by atoms with Gasteiger partial charge in [-0.05, 0) is 29.9 Å². The number of aliphatic hydroxyl groups is 1. The minimum absolute atomic E-state index is 0.159. The molecule has 0 saturated carbocycles. The van der Waals surface area contributed by atoms with Gasteiger partial charge in [0, 0.05) is 29.4 Å². The molecule has 0 amide bonds. The summed E-state index contributed by atoms with van der Waals surface area (Å²) < 4.78 is 1.29. The largest absolute Gasteiger partial charge is 0.393 e. The van der Waals surface area contributed by atoms with Crippen LogP contribution in [0.15, 0.2) is 23.7 Å². The highest BCUT2D eigenvalue weighted by molar-refractivity contribution is 7.17. The maximum atomic E-state index is 9.77. The maximum Gasteiger partial charge on any atom is 0.137 e. The predicted molar refractivity (Wildman–Crippen MR) is 71.6 cm³/mol. The number of nitrogens with zero attached hydrogens (tertiary/aromatic N) is 2. The van der Waals surface area contributed by atoms with Gasteiger partial charge in [-0.15, -0.1) is 11.3 Å². The first-order valence-corrected chi connectivity index (χ1v) is 6.89. The van der Waals surface area contributed by atoms with Gasteiger partial charge in [-0.1, -0.05) is 6.92 Å². The van der Waals surface area contributed by atoms with Gasteiger partial charge in [-0.25, -0.2) is 4.98 Å². The van der Waals surface area contributed by atoms with Crippen LogP contribution < -0.4 is 4.90 Å². The van der Waals surface area contributed by atoms with E-state index < -0.39 is 0 Å². The third-order valence-corrected chi connectivity index (χ3v) is 4.40. The molecular formula is C13H16N2OS. The molecule has 3 rings (SSSR count). The molecule has 1 aliphatic rings. The van der Waals surface area contributed by atoms with E-state index in [9.17, 15) is 5.11 Å². The van der Waals surface area contributed by atoms with Gasteiger partial charge in [0.1, 0.15) is 5.82 Å². The van der Waals surface area contributed by atoms with E-state index in [-0.39, 0.29) is 6.10 Å². The molecule has 1 saturated heterocycles. The summed E-state index contributed by atoms with van der Waals surface area (Å²) in [5.41, 5.74) is 0. The Morgan fingerprint density at radius 1 is 1.47 bits per heavy atom. The van der Waals surface area contributed by atoms with E-state index in [1.54, 1.807) is 11.3 Å². The molecule has 3 nitrogen and oxygen atoms in total. The van der Waals surface area contributed by atoms with E-state index >= 15 is 0 Å². The molecule has 1 N–H and O–H groups in total. The average Bonchev–Trinajstić information content (AvgIpc) is 2.80. The van der Waals surface area contributed by atoms with Gasteiger partial charge < -0.3 is 10.0 Å². The molecule has 2 aromatic heterocycles. The average molecular weight is 248 g/mol. The maximum absolute atomic E-state index is 9.77. The quantitative estimate of drug-likeness (QED) is 0.842. The lowest BCUT2D eigenvalue weighted by Gasteiger charge is -2.35. The number of fused-ring (bicyclic) bond motifs is 1. The minimum atomic E-state index is -0.159. The van der Waals surface area contributed by atoms with E-state index in [1.807, 2.05) is 6.20 Å².